The number of hydrogen-bond acceptors (Lipinski definition) is 3. The van der Waals surface area contributed by atoms with Crippen molar-refractivity contribution in [1.29, 1.82) is 0 Å². The number of carboxylic acids is 1. The SMILES string of the molecule is CCCCCCCCN.O=C1CCC(C(=O)O)N1. The normalized spacial score (nSPS) is 17.9. The number of carboxylic acid groups (broad SMARTS) is 1. The van der Waals surface area contributed by atoms with E-state index in [4.69, 9.17) is 10.8 Å². The Hall–Kier alpha value is -1.10. The van der Waals surface area contributed by atoms with Crippen LogP contribution in [0.4, 0.5) is 0 Å². The van der Waals surface area contributed by atoms with Crippen molar-refractivity contribution in [2.24, 2.45) is 5.73 Å². The minimum absolute atomic E-state index is 0.164. The fourth-order valence-electron chi connectivity index (χ4n) is 1.72. The molecule has 0 aromatic heterocycles. The Morgan fingerprint density at radius 3 is 2.33 bits per heavy atom. The molecule has 1 rings (SSSR count). The Labute approximate surface area is 109 Å². The van der Waals surface area contributed by atoms with Crippen molar-refractivity contribution in [2.45, 2.75) is 64.3 Å². The quantitative estimate of drug-likeness (QED) is 0.605. The maximum Gasteiger partial charge on any atom is 0.326 e. The van der Waals surface area contributed by atoms with E-state index in [1.165, 1.54) is 38.5 Å². The van der Waals surface area contributed by atoms with Gasteiger partial charge in [-0.2, -0.15) is 0 Å². The largest absolute Gasteiger partial charge is 0.480 e. The molecule has 1 heterocycles. The van der Waals surface area contributed by atoms with Gasteiger partial charge < -0.3 is 16.2 Å². The van der Waals surface area contributed by atoms with Crippen LogP contribution in [0.15, 0.2) is 0 Å². The number of carbonyl (C=O) groups is 2. The molecule has 1 amide bonds. The molecule has 4 N–H and O–H groups in total. The van der Waals surface area contributed by atoms with Crippen LogP contribution in [0.25, 0.3) is 0 Å². The number of rotatable bonds is 7. The maximum absolute atomic E-state index is 10.4. The predicted octanol–water partition coefficient (Wildman–Crippen LogP) is 1.66. The number of nitrogens with one attached hydrogen (secondary N) is 1. The summed E-state index contributed by atoms with van der Waals surface area (Å²) in [7, 11) is 0. The van der Waals surface area contributed by atoms with E-state index in [9.17, 15) is 9.59 Å². The van der Waals surface area contributed by atoms with Crippen LogP contribution in [0.1, 0.15) is 58.3 Å². The second-order valence-electron chi connectivity index (χ2n) is 4.55. The molecular formula is C13H26N2O3. The van der Waals surface area contributed by atoms with Crippen LogP contribution in [0.2, 0.25) is 0 Å². The summed E-state index contributed by atoms with van der Waals surface area (Å²) in [6.07, 6.45) is 8.82. The van der Waals surface area contributed by atoms with Crippen LogP contribution in [-0.2, 0) is 9.59 Å². The zero-order valence-corrected chi connectivity index (χ0v) is 11.3. The summed E-state index contributed by atoms with van der Waals surface area (Å²) in [6.45, 7) is 3.11. The third-order valence-corrected chi connectivity index (χ3v) is 2.85. The van der Waals surface area contributed by atoms with Crippen LogP contribution in [0.5, 0.6) is 0 Å². The van der Waals surface area contributed by atoms with E-state index in [0.717, 1.165) is 6.54 Å². The Morgan fingerprint density at radius 2 is 1.94 bits per heavy atom. The van der Waals surface area contributed by atoms with Crippen LogP contribution >= 0.6 is 0 Å². The zero-order valence-electron chi connectivity index (χ0n) is 11.3. The minimum Gasteiger partial charge on any atom is -0.480 e. The van der Waals surface area contributed by atoms with Gasteiger partial charge in [-0.3, -0.25) is 4.79 Å². The molecule has 1 aliphatic rings. The summed E-state index contributed by atoms with van der Waals surface area (Å²) in [5.74, 6) is -1.11. The first kappa shape index (κ1) is 16.9. The molecule has 18 heavy (non-hydrogen) atoms. The average molecular weight is 258 g/mol. The lowest BCUT2D eigenvalue weighted by molar-refractivity contribution is -0.140. The average Bonchev–Trinajstić information content (AvgIpc) is 2.77. The second-order valence-corrected chi connectivity index (χ2v) is 4.55. The van der Waals surface area contributed by atoms with Gasteiger partial charge in [0.05, 0.1) is 0 Å². The van der Waals surface area contributed by atoms with Gasteiger partial charge in [-0.1, -0.05) is 39.0 Å². The van der Waals surface area contributed by atoms with Crippen molar-refractivity contribution in [3.05, 3.63) is 0 Å². The lowest BCUT2D eigenvalue weighted by Gasteiger charge is -1.99. The van der Waals surface area contributed by atoms with E-state index in [1.807, 2.05) is 0 Å². The van der Waals surface area contributed by atoms with Crippen LogP contribution in [0, 0.1) is 0 Å². The molecule has 5 nitrogen and oxygen atoms in total. The van der Waals surface area contributed by atoms with Crippen LogP contribution < -0.4 is 11.1 Å². The molecule has 1 atom stereocenters. The number of unbranched alkanes of at least 4 members (excludes halogenated alkanes) is 5. The number of amides is 1. The van der Waals surface area contributed by atoms with Crippen molar-refractivity contribution in [2.75, 3.05) is 6.54 Å². The van der Waals surface area contributed by atoms with Gasteiger partial charge in [-0.25, -0.2) is 4.79 Å². The second kappa shape index (κ2) is 11.0. The summed E-state index contributed by atoms with van der Waals surface area (Å²) in [5.41, 5.74) is 5.34. The molecule has 0 aromatic carbocycles. The number of carbonyl (C=O) groups excluding carboxylic acids is 1. The van der Waals surface area contributed by atoms with Gasteiger partial charge in [-0.05, 0) is 19.4 Å². The van der Waals surface area contributed by atoms with E-state index in [1.54, 1.807) is 0 Å². The fourth-order valence-corrected chi connectivity index (χ4v) is 1.72. The Bertz CT molecular complexity index is 238. The summed E-state index contributed by atoms with van der Waals surface area (Å²) >= 11 is 0. The molecule has 1 fully saturated rings. The highest BCUT2D eigenvalue weighted by molar-refractivity contribution is 5.87. The van der Waals surface area contributed by atoms with Gasteiger partial charge in [0.25, 0.3) is 0 Å². The van der Waals surface area contributed by atoms with Gasteiger partial charge in [0.2, 0.25) is 5.91 Å². The van der Waals surface area contributed by atoms with Gasteiger partial charge in [-0.15, -0.1) is 0 Å². The van der Waals surface area contributed by atoms with Gasteiger partial charge in [0, 0.05) is 6.42 Å². The molecule has 1 unspecified atom stereocenters. The van der Waals surface area contributed by atoms with Crippen LogP contribution in [0.3, 0.4) is 0 Å². The molecule has 106 valence electrons. The summed E-state index contributed by atoms with van der Waals surface area (Å²) < 4.78 is 0. The first-order valence-corrected chi connectivity index (χ1v) is 6.84. The molecule has 1 aliphatic heterocycles. The van der Waals surface area contributed by atoms with Crippen molar-refractivity contribution < 1.29 is 14.7 Å². The Morgan fingerprint density at radius 1 is 1.33 bits per heavy atom. The molecule has 0 radical (unpaired) electrons. The monoisotopic (exact) mass is 258 g/mol. The smallest absolute Gasteiger partial charge is 0.326 e. The van der Waals surface area contributed by atoms with E-state index in [0.29, 0.717) is 12.8 Å². The highest BCUT2D eigenvalue weighted by Gasteiger charge is 2.26. The molecule has 1 saturated heterocycles. The molecular weight excluding hydrogens is 232 g/mol. The number of aliphatic carboxylic acids is 1. The number of nitrogens with two attached hydrogens (primary N) is 1. The van der Waals surface area contributed by atoms with Crippen molar-refractivity contribution in [3.8, 4) is 0 Å². The van der Waals surface area contributed by atoms with Crippen LogP contribution in [-0.4, -0.2) is 29.6 Å². The molecule has 5 heteroatoms. The maximum atomic E-state index is 10.4. The van der Waals surface area contributed by atoms with Gasteiger partial charge in [0.1, 0.15) is 6.04 Å². The lowest BCUT2D eigenvalue weighted by atomic mass is 10.1. The van der Waals surface area contributed by atoms with E-state index in [-0.39, 0.29) is 5.91 Å². The zero-order chi connectivity index (χ0) is 13.8. The third-order valence-electron chi connectivity index (χ3n) is 2.85. The highest BCUT2D eigenvalue weighted by atomic mass is 16.4. The molecule has 0 aromatic rings. The van der Waals surface area contributed by atoms with E-state index >= 15 is 0 Å². The van der Waals surface area contributed by atoms with Crippen molar-refractivity contribution >= 4 is 11.9 Å². The van der Waals surface area contributed by atoms with Crippen molar-refractivity contribution in [1.82, 2.24) is 5.32 Å². The van der Waals surface area contributed by atoms with E-state index < -0.39 is 12.0 Å². The van der Waals surface area contributed by atoms with E-state index in [2.05, 4.69) is 12.2 Å². The topological polar surface area (TPSA) is 92.4 Å². The molecule has 0 saturated carbocycles. The first-order valence-electron chi connectivity index (χ1n) is 6.84. The minimum atomic E-state index is -0.944. The summed E-state index contributed by atoms with van der Waals surface area (Å²) in [5, 5.41) is 10.6. The molecule has 0 bridgehead atoms. The molecule has 0 spiro atoms. The molecule has 0 aliphatic carbocycles. The van der Waals surface area contributed by atoms with Crippen molar-refractivity contribution in [3.63, 3.8) is 0 Å². The summed E-state index contributed by atoms with van der Waals surface area (Å²) in [6, 6.07) is -0.641. The summed E-state index contributed by atoms with van der Waals surface area (Å²) in [4.78, 5) is 20.5. The Kier molecular flexibility index (Phi) is 10.3. The highest BCUT2D eigenvalue weighted by Crippen LogP contribution is 2.05. The van der Waals surface area contributed by atoms with Gasteiger partial charge in [0.15, 0.2) is 0 Å². The predicted molar refractivity (Wildman–Crippen MR) is 71.2 cm³/mol. The first-order chi connectivity index (χ1) is 8.61. The standard InChI is InChI=1S/C8H19N.C5H7NO3/c1-2-3-4-5-6-7-8-9;7-4-2-1-3(6-4)5(8)9/h2-9H2,1H3;3H,1-2H2,(H,6,7)(H,8,9). The Balaban J connectivity index is 0.000000321. The number of hydrogen-bond donors (Lipinski definition) is 3. The fraction of sp³-hybridized carbons (Fsp3) is 0.846. The third kappa shape index (κ3) is 8.98. The van der Waals surface area contributed by atoms with Gasteiger partial charge >= 0.3 is 5.97 Å². The lowest BCUT2D eigenvalue weighted by Crippen LogP contribution is -2.32.